The second-order valence-electron chi connectivity index (χ2n) is 5.41. The second-order valence-corrected chi connectivity index (χ2v) is 5.85. The number of hydrogen-bond acceptors (Lipinski definition) is 4. The fourth-order valence-electron chi connectivity index (χ4n) is 2.64. The number of hydrogen-bond donors (Lipinski definition) is 0. The molecule has 0 unspecified atom stereocenters. The molecule has 0 aromatic heterocycles. The summed E-state index contributed by atoms with van der Waals surface area (Å²) >= 11 is 5.89. The number of para-hydroxylation sites is 2. The maximum absolute atomic E-state index is 5.89. The van der Waals surface area contributed by atoms with Gasteiger partial charge in [-0.2, -0.15) is 5.10 Å². The van der Waals surface area contributed by atoms with Gasteiger partial charge >= 0.3 is 0 Å². The number of anilines is 1. The van der Waals surface area contributed by atoms with Crippen molar-refractivity contribution in [3.05, 3.63) is 59.1 Å². The highest BCUT2D eigenvalue weighted by atomic mass is 35.5. The molecule has 0 bridgehead atoms. The number of halogens is 1. The molecule has 1 aliphatic heterocycles. The van der Waals surface area contributed by atoms with Crippen molar-refractivity contribution in [1.82, 2.24) is 5.01 Å². The molecule has 1 fully saturated rings. The first-order valence-corrected chi connectivity index (χ1v) is 8.06. The number of nitrogens with zero attached hydrogens (tertiary/aromatic N) is 3. The Bertz CT molecular complexity index is 664. The van der Waals surface area contributed by atoms with Crippen LogP contribution in [0.2, 0.25) is 5.02 Å². The van der Waals surface area contributed by atoms with Crippen LogP contribution in [0.5, 0.6) is 5.75 Å². The number of rotatable bonds is 4. The van der Waals surface area contributed by atoms with Gasteiger partial charge in [-0.25, -0.2) is 0 Å². The topological polar surface area (TPSA) is 28.1 Å². The third kappa shape index (κ3) is 3.96. The number of piperazine rings is 1. The molecule has 1 saturated heterocycles. The van der Waals surface area contributed by atoms with Crippen molar-refractivity contribution < 1.29 is 4.74 Å². The summed E-state index contributed by atoms with van der Waals surface area (Å²) in [5.74, 6) is 0.922. The van der Waals surface area contributed by atoms with Crippen LogP contribution in [0.3, 0.4) is 0 Å². The minimum absolute atomic E-state index is 0.743. The summed E-state index contributed by atoms with van der Waals surface area (Å²) in [6, 6.07) is 15.8. The normalized spacial score (nSPS) is 15.2. The van der Waals surface area contributed by atoms with E-state index in [9.17, 15) is 0 Å². The zero-order valence-electron chi connectivity index (χ0n) is 13.2. The maximum atomic E-state index is 5.89. The first kappa shape index (κ1) is 15.7. The van der Waals surface area contributed by atoms with E-state index in [2.05, 4.69) is 21.1 Å². The van der Waals surface area contributed by atoms with E-state index < -0.39 is 0 Å². The summed E-state index contributed by atoms with van der Waals surface area (Å²) in [6.45, 7) is 3.64. The van der Waals surface area contributed by atoms with Crippen LogP contribution >= 0.6 is 11.6 Å². The van der Waals surface area contributed by atoms with Gasteiger partial charge in [0, 0.05) is 18.1 Å². The molecule has 5 heteroatoms. The van der Waals surface area contributed by atoms with E-state index in [1.54, 1.807) is 7.11 Å². The Morgan fingerprint density at radius 1 is 1.00 bits per heavy atom. The van der Waals surface area contributed by atoms with Crippen molar-refractivity contribution in [3.8, 4) is 5.75 Å². The Balaban J connectivity index is 1.59. The van der Waals surface area contributed by atoms with Crippen LogP contribution in [0.15, 0.2) is 53.6 Å². The minimum atomic E-state index is 0.743. The Kier molecular flexibility index (Phi) is 5.03. The zero-order valence-corrected chi connectivity index (χ0v) is 13.9. The van der Waals surface area contributed by atoms with Crippen LogP contribution in [-0.2, 0) is 0 Å². The maximum Gasteiger partial charge on any atom is 0.142 e. The van der Waals surface area contributed by atoms with Crippen LogP contribution in [0.1, 0.15) is 5.56 Å². The third-order valence-electron chi connectivity index (χ3n) is 3.92. The molecule has 0 spiro atoms. The van der Waals surface area contributed by atoms with E-state index in [0.717, 1.165) is 48.2 Å². The Hall–Kier alpha value is -2.20. The zero-order chi connectivity index (χ0) is 16.1. The molecule has 0 saturated carbocycles. The molecule has 2 aromatic carbocycles. The lowest BCUT2D eigenvalue weighted by atomic mass is 10.2. The third-order valence-corrected chi connectivity index (χ3v) is 4.17. The smallest absolute Gasteiger partial charge is 0.142 e. The van der Waals surface area contributed by atoms with Crippen LogP contribution in [-0.4, -0.2) is 44.5 Å². The highest BCUT2D eigenvalue weighted by molar-refractivity contribution is 6.30. The highest BCUT2D eigenvalue weighted by Crippen LogP contribution is 2.28. The van der Waals surface area contributed by atoms with Gasteiger partial charge in [0.2, 0.25) is 0 Å². The van der Waals surface area contributed by atoms with Gasteiger partial charge in [-0.1, -0.05) is 35.9 Å². The molecule has 0 aliphatic carbocycles. The van der Waals surface area contributed by atoms with Gasteiger partial charge < -0.3 is 9.64 Å². The molecule has 2 aromatic rings. The molecule has 3 rings (SSSR count). The van der Waals surface area contributed by atoms with Gasteiger partial charge in [0.05, 0.1) is 32.1 Å². The van der Waals surface area contributed by atoms with Crippen molar-refractivity contribution in [2.24, 2.45) is 5.10 Å². The Labute approximate surface area is 141 Å². The quantitative estimate of drug-likeness (QED) is 0.804. The van der Waals surface area contributed by atoms with Crippen molar-refractivity contribution in [2.45, 2.75) is 0 Å². The molecule has 4 nitrogen and oxygen atoms in total. The Morgan fingerprint density at radius 2 is 1.70 bits per heavy atom. The monoisotopic (exact) mass is 329 g/mol. The molecule has 0 atom stereocenters. The molecule has 1 heterocycles. The molecule has 23 heavy (non-hydrogen) atoms. The Morgan fingerprint density at radius 3 is 2.39 bits per heavy atom. The summed E-state index contributed by atoms with van der Waals surface area (Å²) in [7, 11) is 1.71. The van der Waals surface area contributed by atoms with Crippen molar-refractivity contribution in [3.63, 3.8) is 0 Å². The summed E-state index contributed by atoms with van der Waals surface area (Å²) in [5.41, 5.74) is 2.21. The van der Waals surface area contributed by atoms with Crippen molar-refractivity contribution in [2.75, 3.05) is 38.2 Å². The van der Waals surface area contributed by atoms with Gasteiger partial charge in [0.15, 0.2) is 0 Å². The molecule has 0 radical (unpaired) electrons. The van der Waals surface area contributed by atoms with E-state index in [4.69, 9.17) is 16.3 Å². The van der Waals surface area contributed by atoms with Gasteiger partial charge in [-0.05, 0) is 29.8 Å². The van der Waals surface area contributed by atoms with Gasteiger partial charge in [-0.3, -0.25) is 5.01 Å². The SMILES string of the molecule is COc1ccccc1N1CCN(/N=C/c2ccc(Cl)cc2)CC1. The van der Waals surface area contributed by atoms with E-state index in [-0.39, 0.29) is 0 Å². The number of benzene rings is 2. The van der Waals surface area contributed by atoms with Crippen molar-refractivity contribution in [1.29, 1.82) is 0 Å². The van der Waals surface area contributed by atoms with E-state index in [1.165, 1.54) is 0 Å². The summed E-state index contributed by atoms with van der Waals surface area (Å²) < 4.78 is 5.44. The number of hydrazone groups is 1. The summed E-state index contributed by atoms with van der Waals surface area (Å²) in [6.07, 6.45) is 1.88. The predicted octanol–water partition coefficient (Wildman–Crippen LogP) is 3.50. The first-order valence-electron chi connectivity index (χ1n) is 7.69. The highest BCUT2D eigenvalue weighted by Gasteiger charge is 2.18. The lowest BCUT2D eigenvalue weighted by Crippen LogP contribution is -2.44. The summed E-state index contributed by atoms with van der Waals surface area (Å²) in [5, 5.41) is 7.40. The van der Waals surface area contributed by atoms with Crippen LogP contribution in [0, 0.1) is 0 Å². The second kappa shape index (κ2) is 7.38. The lowest BCUT2D eigenvalue weighted by molar-refractivity contribution is 0.271. The molecular weight excluding hydrogens is 310 g/mol. The number of ether oxygens (including phenoxy) is 1. The van der Waals surface area contributed by atoms with Gasteiger partial charge in [0.25, 0.3) is 0 Å². The lowest BCUT2D eigenvalue weighted by Gasteiger charge is -2.35. The van der Waals surface area contributed by atoms with E-state index in [1.807, 2.05) is 48.7 Å². The van der Waals surface area contributed by atoms with Gasteiger partial charge in [0.1, 0.15) is 5.75 Å². The summed E-state index contributed by atoms with van der Waals surface area (Å²) in [4.78, 5) is 2.34. The molecule has 1 aliphatic rings. The molecule has 0 N–H and O–H groups in total. The fourth-order valence-corrected chi connectivity index (χ4v) is 2.77. The average molecular weight is 330 g/mol. The molecule has 0 amide bonds. The van der Waals surface area contributed by atoms with Crippen molar-refractivity contribution >= 4 is 23.5 Å². The minimum Gasteiger partial charge on any atom is -0.495 e. The molecular formula is C18H20ClN3O. The average Bonchev–Trinajstić information content (AvgIpc) is 2.62. The van der Waals surface area contributed by atoms with Crippen LogP contribution < -0.4 is 9.64 Å². The van der Waals surface area contributed by atoms with E-state index in [0.29, 0.717) is 0 Å². The van der Waals surface area contributed by atoms with Crippen LogP contribution in [0.4, 0.5) is 5.69 Å². The largest absolute Gasteiger partial charge is 0.495 e. The number of methoxy groups -OCH3 is 1. The standard InChI is InChI=1S/C18H20ClN3O/c1-23-18-5-3-2-4-17(18)21-10-12-22(13-11-21)20-14-15-6-8-16(19)9-7-15/h2-9,14H,10-13H2,1H3/b20-14+. The fraction of sp³-hybridized carbons (Fsp3) is 0.278. The predicted molar refractivity (Wildman–Crippen MR) is 95.8 cm³/mol. The van der Waals surface area contributed by atoms with Crippen LogP contribution in [0.25, 0.3) is 0 Å². The van der Waals surface area contributed by atoms with Gasteiger partial charge in [-0.15, -0.1) is 0 Å². The first-order chi connectivity index (χ1) is 11.3. The molecule has 120 valence electrons. The van der Waals surface area contributed by atoms with E-state index >= 15 is 0 Å².